The van der Waals surface area contributed by atoms with Crippen molar-refractivity contribution in [1.29, 1.82) is 0 Å². The van der Waals surface area contributed by atoms with Gasteiger partial charge in [-0.1, -0.05) is 13.8 Å². The summed E-state index contributed by atoms with van der Waals surface area (Å²) in [6.07, 6.45) is 2.61. The van der Waals surface area contributed by atoms with E-state index in [1.165, 1.54) is 0 Å². The maximum Gasteiger partial charge on any atom is 0.169 e. The number of rotatable bonds is 1. The van der Waals surface area contributed by atoms with Crippen LogP contribution in [0.3, 0.4) is 0 Å². The molecule has 0 amide bonds. The first-order chi connectivity index (χ1) is 3.80. The molecule has 1 aromatic heterocycles. The fourth-order valence-electron chi connectivity index (χ4n) is 0.389. The summed E-state index contributed by atoms with van der Waals surface area (Å²) in [5.74, 6) is 1.05. The highest BCUT2D eigenvalue weighted by molar-refractivity contribution is 4.89. The monoisotopic (exact) mass is 111 g/mol. The lowest BCUT2D eigenvalue weighted by molar-refractivity contribution is 0.351. The van der Waals surface area contributed by atoms with E-state index in [4.69, 9.17) is 0 Å². The van der Waals surface area contributed by atoms with E-state index in [0.717, 1.165) is 0 Å². The summed E-state index contributed by atoms with van der Waals surface area (Å²) < 4.78 is 4.68. The zero-order chi connectivity index (χ0) is 5.98. The summed E-state index contributed by atoms with van der Waals surface area (Å²) in [5, 5.41) is 6.66. The van der Waals surface area contributed by atoms with Crippen molar-refractivity contribution in [1.82, 2.24) is 10.4 Å². The fraction of sp³-hybridized carbons (Fsp3) is 0.600. The van der Waals surface area contributed by atoms with E-state index in [1.54, 1.807) is 0 Å². The highest BCUT2D eigenvalue weighted by Crippen LogP contribution is 2.08. The first-order valence-corrected chi connectivity index (χ1v) is 2.50. The Labute approximate surface area is 47.7 Å². The summed E-state index contributed by atoms with van der Waals surface area (Å²) in [4.78, 5) is 0. The molecule has 0 fully saturated rings. The fourth-order valence-corrected chi connectivity index (χ4v) is 0.389. The molecular weight excluding hydrogens is 104 g/mol. The van der Waals surface area contributed by atoms with Crippen molar-refractivity contribution in [2.45, 2.75) is 19.8 Å². The van der Waals surface area contributed by atoms with Gasteiger partial charge in [0.2, 0.25) is 0 Å². The molecule has 0 aliphatic carbocycles. The third-order valence-corrected chi connectivity index (χ3v) is 0.865. The lowest BCUT2D eigenvalue weighted by Gasteiger charge is -1.90. The highest BCUT2D eigenvalue weighted by atomic mass is 16.5. The van der Waals surface area contributed by atoms with Gasteiger partial charge >= 0.3 is 0 Å². The van der Waals surface area contributed by atoms with Crippen LogP contribution in [0.1, 0.15) is 25.5 Å². The van der Waals surface area contributed by atoms with Gasteiger partial charge in [0.15, 0.2) is 12.0 Å². The summed E-state index contributed by atoms with van der Waals surface area (Å²) in [6, 6.07) is 0. The Hall–Kier alpha value is -0.860. The molecule has 0 atom stereocenters. The van der Waals surface area contributed by atoms with E-state index < -0.39 is 0 Å². The zero-order valence-electron chi connectivity index (χ0n) is 4.88. The number of nitrogens with zero attached hydrogens (tertiary/aromatic N) is 2. The van der Waals surface area contributed by atoms with Crippen LogP contribution >= 0.6 is 0 Å². The quantitative estimate of drug-likeness (QED) is 0.542. The molecular formula is C5H7N2O. The van der Waals surface area contributed by atoms with Crippen molar-refractivity contribution >= 4 is 0 Å². The van der Waals surface area contributed by atoms with E-state index in [-0.39, 0.29) is 0 Å². The first-order valence-electron chi connectivity index (χ1n) is 2.50. The van der Waals surface area contributed by atoms with Crippen molar-refractivity contribution in [3.8, 4) is 0 Å². The second kappa shape index (κ2) is 1.94. The van der Waals surface area contributed by atoms with Gasteiger partial charge in [-0.15, -0.1) is 5.10 Å². The molecule has 3 heteroatoms. The topological polar surface area (TPSA) is 38.9 Å². The third-order valence-electron chi connectivity index (χ3n) is 0.865. The number of hydrogen-bond donors (Lipinski definition) is 0. The van der Waals surface area contributed by atoms with Crippen LogP contribution in [0, 0.1) is 6.20 Å². The molecule has 0 bridgehead atoms. The predicted octanol–water partition coefficient (Wildman–Crippen LogP) is 0.993. The van der Waals surface area contributed by atoms with Gasteiger partial charge in [-0.3, -0.25) is 0 Å². The largest absolute Gasteiger partial charge is 0.341 e. The summed E-state index contributed by atoms with van der Waals surface area (Å²) in [5.41, 5.74) is 0. The van der Waals surface area contributed by atoms with Gasteiger partial charge in [0, 0.05) is 11.2 Å². The van der Waals surface area contributed by atoms with Crippen LogP contribution in [0.15, 0.2) is 4.52 Å². The van der Waals surface area contributed by atoms with E-state index in [0.29, 0.717) is 11.7 Å². The highest BCUT2D eigenvalue weighted by Gasteiger charge is 2.02. The van der Waals surface area contributed by atoms with Crippen molar-refractivity contribution < 1.29 is 4.52 Å². The molecule has 0 saturated heterocycles. The molecule has 0 aromatic carbocycles. The normalized spacial score (nSPS) is 10.4. The second-order valence-corrected chi connectivity index (χ2v) is 1.90. The van der Waals surface area contributed by atoms with Crippen LogP contribution in [0.25, 0.3) is 0 Å². The van der Waals surface area contributed by atoms with Gasteiger partial charge in [-0.2, -0.15) is 0 Å². The second-order valence-electron chi connectivity index (χ2n) is 1.90. The standard InChI is InChI=1S/C5H7N2O/c1-4(2)5-3-6-7-8-5/h4H,1-2H3. The van der Waals surface area contributed by atoms with Crippen LogP contribution in [-0.2, 0) is 0 Å². The number of aromatic nitrogens is 2. The molecule has 0 N–H and O–H groups in total. The maximum absolute atomic E-state index is 4.68. The molecule has 0 unspecified atom stereocenters. The van der Waals surface area contributed by atoms with Gasteiger partial charge in [-0.05, 0) is 0 Å². The summed E-state index contributed by atoms with van der Waals surface area (Å²) >= 11 is 0. The van der Waals surface area contributed by atoms with E-state index >= 15 is 0 Å². The molecule has 3 nitrogen and oxygen atoms in total. The van der Waals surface area contributed by atoms with Gasteiger partial charge in [0.1, 0.15) is 0 Å². The Balaban J connectivity index is 2.77. The molecule has 0 aliphatic rings. The Morgan fingerprint density at radius 2 is 2.38 bits per heavy atom. The van der Waals surface area contributed by atoms with Gasteiger partial charge < -0.3 is 4.52 Å². The molecule has 1 heterocycles. The predicted molar refractivity (Wildman–Crippen MR) is 27.2 cm³/mol. The van der Waals surface area contributed by atoms with Crippen molar-refractivity contribution in [3.63, 3.8) is 0 Å². The van der Waals surface area contributed by atoms with Gasteiger partial charge in [0.05, 0.1) is 0 Å². The van der Waals surface area contributed by atoms with Gasteiger partial charge in [-0.25, -0.2) is 0 Å². The Kier molecular flexibility index (Phi) is 1.28. The average molecular weight is 111 g/mol. The molecule has 1 aromatic rings. The molecule has 0 aliphatic heterocycles. The van der Waals surface area contributed by atoms with Crippen LogP contribution in [0.2, 0.25) is 0 Å². The molecule has 1 rings (SSSR count). The molecule has 43 valence electrons. The summed E-state index contributed by atoms with van der Waals surface area (Å²) in [6.45, 7) is 4.00. The van der Waals surface area contributed by atoms with E-state index in [2.05, 4.69) is 21.1 Å². The van der Waals surface area contributed by atoms with Crippen LogP contribution in [-0.4, -0.2) is 10.4 Å². The lowest BCUT2D eigenvalue weighted by Crippen LogP contribution is -1.80. The minimum absolute atomic E-state index is 0.338. The van der Waals surface area contributed by atoms with Gasteiger partial charge in [0.25, 0.3) is 0 Å². The Bertz CT molecular complexity index is 145. The molecule has 0 spiro atoms. The molecule has 8 heavy (non-hydrogen) atoms. The lowest BCUT2D eigenvalue weighted by atomic mass is 10.2. The Morgan fingerprint density at radius 3 is 2.62 bits per heavy atom. The molecule has 0 saturated carbocycles. The van der Waals surface area contributed by atoms with E-state index in [1.807, 2.05) is 13.8 Å². The summed E-state index contributed by atoms with van der Waals surface area (Å²) in [7, 11) is 0. The smallest absolute Gasteiger partial charge is 0.169 e. The third kappa shape index (κ3) is 0.857. The Morgan fingerprint density at radius 1 is 1.62 bits per heavy atom. The van der Waals surface area contributed by atoms with Crippen LogP contribution in [0.4, 0.5) is 0 Å². The van der Waals surface area contributed by atoms with Crippen molar-refractivity contribution in [2.24, 2.45) is 0 Å². The van der Waals surface area contributed by atoms with Crippen molar-refractivity contribution in [3.05, 3.63) is 12.0 Å². The SMILES string of the molecule is CC(C)c1[c]nno1. The van der Waals surface area contributed by atoms with Crippen molar-refractivity contribution in [2.75, 3.05) is 0 Å². The van der Waals surface area contributed by atoms with Crippen LogP contribution in [0.5, 0.6) is 0 Å². The molecule has 1 radical (unpaired) electrons. The maximum atomic E-state index is 4.68. The minimum Gasteiger partial charge on any atom is -0.341 e. The average Bonchev–Trinajstić information content (AvgIpc) is 2.12. The van der Waals surface area contributed by atoms with E-state index in [9.17, 15) is 0 Å². The first kappa shape index (κ1) is 5.28. The zero-order valence-corrected chi connectivity index (χ0v) is 4.88. The number of hydrogen-bond acceptors (Lipinski definition) is 3. The minimum atomic E-state index is 0.338. The van der Waals surface area contributed by atoms with Crippen LogP contribution < -0.4 is 0 Å².